The van der Waals surface area contributed by atoms with E-state index < -0.39 is 0 Å². The fourth-order valence-corrected chi connectivity index (χ4v) is 1.33. The molecule has 11 heavy (non-hydrogen) atoms. The van der Waals surface area contributed by atoms with E-state index in [1.54, 1.807) is 0 Å². The van der Waals surface area contributed by atoms with Gasteiger partial charge in [0.05, 0.1) is 0 Å². The Morgan fingerprint density at radius 1 is 1.36 bits per heavy atom. The van der Waals surface area contributed by atoms with Gasteiger partial charge in [-0.25, -0.2) is 0 Å². The van der Waals surface area contributed by atoms with Crippen molar-refractivity contribution in [2.75, 3.05) is 19.6 Å². The van der Waals surface area contributed by atoms with Crippen molar-refractivity contribution in [3.8, 4) is 0 Å². The Hall–Kier alpha value is 0.911. The molecule has 0 aromatic carbocycles. The third kappa shape index (κ3) is 8.82. The molecule has 0 aliphatic heterocycles. The number of amides is 1. The van der Waals surface area contributed by atoms with Crippen LogP contribution < -0.4 is 10.6 Å². The molecule has 0 fully saturated rings. The van der Waals surface area contributed by atoms with Crippen LogP contribution in [0.25, 0.3) is 0 Å². The molecule has 3 nitrogen and oxygen atoms in total. The van der Waals surface area contributed by atoms with Crippen LogP contribution in [0.5, 0.6) is 0 Å². The first kappa shape index (κ1) is 11.9. The van der Waals surface area contributed by atoms with Gasteiger partial charge >= 0.3 is 99.0 Å². The predicted octanol–water partition coefficient (Wildman–Crippen LogP) is -0.579. The van der Waals surface area contributed by atoms with Crippen molar-refractivity contribution >= 4 is 49.2 Å². The second-order valence-electron chi connectivity index (χ2n) is 2.45. The normalized spacial score (nSPS) is 9.45. The van der Waals surface area contributed by atoms with Gasteiger partial charge in [0.1, 0.15) is 0 Å². The van der Waals surface area contributed by atoms with E-state index in [4.69, 9.17) is 0 Å². The van der Waals surface area contributed by atoms with Gasteiger partial charge in [-0.3, -0.25) is 0 Å². The molecule has 0 unspecified atom stereocenters. The molecule has 2 N–H and O–H groups in total. The van der Waals surface area contributed by atoms with Gasteiger partial charge in [-0.1, -0.05) is 0 Å². The van der Waals surface area contributed by atoms with E-state index >= 15 is 0 Å². The monoisotopic (exact) mass is 232 g/mol. The molecule has 0 heterocycles. The van der Waals surface area contributed by atoms with E-state index in [1.807, 2.05) is 0 Å². The molecule has 0 saturated heterocycles. The Labute approximate surface area is 97.8 Å². The van der Waals surface area contributed by atoms with Crippen LogP contribution in [0.15, 0.2) is 0 Å². The first-order valence-corrected chi connectivity index (χ1v) is 7.76. The molecule has 0 rings (SSSR count). The van der Waals surface area contributed by atoms with E-state index in [2.05, 4.69) is 17.6 Å². The first-order valence-electron chi connectivity index (χ1n) is 4.28. The summed E-state index contributed by atoms with van der Waals surface area (Å²) in [6.45, 7) is 4.85. The van der Waals surface area contributed by atoms with Crippen LogP contribution in [0.2, 0.25) is 1.39 Å². The average Bonchev–Trinajstić information content (AvgIpc) is 2.04. The van der Waals surface area contributed by atoms with Gasteiger partial charge in [-0.05, 0) is 0 Å². The molecule has 4 heteroatoms. The van der Waals surface area contributed by atoms with Gasteiger partial charge in [0.15, 0.2) is 0 Å². The second kappa shape index (κ2) is 9.00. The third-order valence-corrected chi connectivity index (χ3v) is 2.95. The van der Waals surface area contributed by atoms with Crippen molar-refractivity contribution < 1.29 is 4.79 Å². The van der Waals surface area contributed by atoms with Gasteiger partial charge in [0.2, 0.25) is 0 Å². The van der Waals surface area contributed by atoms with Crippen LogP contribution in [0.4, 0.5) is 0 Å². The quantitative estimate of drug-likeness (QED) is 0.475. The third-order valence-electron chi connectivity index (χ3n) is 1.37. The molecule has 0 aromatic rings. The van der Waals surface area contributed by atoms with Gasteiger partial charge in [0, 0.05) is 0 Å². The summed E-state index contributed by atoms with van der Waals surface area (Å²) in [5, 5.41) is 6.06. The van der Waals surface area contributed by atoms with Crippen molar-refractivity contribution in [1.82, 2.24) is 10.6 Å². The molecular weight excluding hydrogens is 216 g/mol. The number of hydrogen-bond donors (Lipinski definition) is 2. The molecule has 0 spiro atoms. The van der Waals surface area contributed by atoms with Crippen LogP contribution in [0.1, 0.15) is 13.3 Å². The number of hydrogen-bond acceptors (Lipinski definition) is 2. The fourth-order valence-electron chi connectivity index (χ4n) is 0.717. The first-order chi connectivity index (χ1) is 5.31. The summed E-state index contributed by atoms with van der Waals surface area (Å²) in [5.41, 5.74) is 0. The van der Waals surface area contributed by atoms with Crippen LogP contribution in [0, 0.1) is 0 Å². The van der Waals surface area contributed by atoms with E-state index in [-0.39, 0.29) is 5.91 Å². The van der Waals surface area contributed by atoms with E-state index in [0.29, 0.717) is 43.3 Å². The van der Waals surface area contributed by atoms with Gasteiger partial charge in [0.25, 0.3) is 0 Å². The Bertz CT molecular complexity index is 109. The summed E-state index contributed by atoms with van der Waals surface area (Å²) < 4.78 is 0.787. The fraction of sp³-hybridized carbons (Fsp3) is 0.857. The Morgan fingerprint density at radius 3 is 2.64 bits per heavy atom. The van der Waals surface area contributed by atoms with Crippen molar-refractivity contribution in [2.24, 2.45) is 0 Å². The molecule has 0 atom stereocenters. The second-order valence-corrected chi connectivity index (χ2v) is 4.19. The Kier molecular flexibility index (Phi) is 9.75. The SMILES string of the molecule is CCCNCCNC(=O)[CH2][SrH]. The average molecular weight is 232 g/mol. The van der Waals surface area contributed by atoms with Gasteiger partial charge < -0.3 is 0 Å². The standard InChI is InChI=1S/C7H15N2O.Sr.H/c1-3-4-8-5-6-9-7(2)10;;/h8H,2-6H2,1H3,(H,9,10);;. The van der Waals surface area contributed by atoms with E-state index in [0.717, 1.165) is 27.4 Å². The van der Waals surface area contributed by atoms with Crippen LogP contribution in [-0.4, -0.2) is 68.8 Å². The number of nitrogens with one attached hydrogen (secondary N) is 2. The Morgan fingerprint density at radius 2 is 2.09 bits per heavy atom. The van der Waals surface area contributed by atoms with Gasteiger partial charge in [-0.15, -0.1) is 0 Å². The number of carbonyl (C=O) groups is 1. The molecule has 0 saturated carbocycles. The number of rotatable bonds is 6. The zero-order valence-electron chi connectivity index (χ0n) is 7.44. The van der Waals surface area contributed by atoms with Crippen molar-refractivity contribution in [3.05, 3.63) is 0 Å². The molecule has 0 radical (unpaired) electrons. The van der Waals surface area contributed by atoms with Crippen molar-refractivity contribution in [2.45, 2.75) is 14.7 Å². The summed E-state index contributed by atoms with van der Waals surface area (Å²) >= 11 is 0.502. The van der Waals surface area contributed by atoms with Crippen LogP contribution >= 0.6 is 0 Å². The van der Waals surface area contributed by atoms with Crippen LogP contribution in [0.3, 0.4) is 0 Å². The summed E-state index contributed by atoms with van der Waals surface area (Å²) in [6, 6.07) is 0. The van der Waals surface area contributed by atoms with E-state index in [1.165, 1.54) is 0 Å². The summed E-state index contributed by atoms with van der Waals surface area (Å²) in [4.78, 5) is 10.8. The van der Waals surface area contributed by atoms with Gasteiger partial charge in [-0.2, -0.15) is 0 Å². The van der Waals surface area contributed by atoms with Crippen molar-refractivity contribution in [1.29, 1.82) is 0 Å². The summed E-state index contributed by atoms with van der Waals surface area (Å²) in [5.74, 6) is 0.221. The summed E-state index contributed by atoms with van der Waals surface area (Å²) in [7, 11) is 0. The van der Waals surface area contributed by atoms with E-state index in [9.17, 15) is 4.79 Å². The zero-order chi connectivity index (χ0) is 8.53. The van der Waals surface area contributed by atoms with Crippen LogP contribution in [-0.2, 0) is 4.79 Å². The molecule has 0 aliphatic carbocycles. The minimum absolute atomic E-state index is 0.221. The molecule has 0 aromatic heterocycles. The predicted molar refractivity (Wildman–Crippen MR) is 48.1 cm³/mol. The number of carbonyl (C=O) groups excluding carboxylic acids is 1. The van der Waals surface area contributed by atoms with Crippen molar-refractivity contribution in [3.63, 3.8) is 0 Å². The molecule has 62 valence electrons. The molecule has 1 amide bonds. The summed E-state index contributed by atoms with van der Waals surface area (Å²) in [6.07, 6.45) is 1.15. The molecule has 0 aliphatic rings. The zero-order valence-corrected chi connectivity index (χ0v) is 12.4. The maximum absolute atomic E-state index is 10.8. The Balaban J connectivity index is 2.95. The molecule has 0 bridgehead atoms. The minimum atomic E-state index is 0.221. The maximum atomic E-state index is 10.8. The molecular formula is C7H16N2OSr. The topological polar surface area (TPSA) is 41.1 Å².